The molecular formula is C20H24FN3OS. The zero-order valence-electron chi connectivity index (χ0n) is 14.7. The summed E-state index contributed by atoms with van der Waals surface area (Å²) >= 11 is 1.93. The van der Waals surface area contributed by atoms with Crippen molar-refractivity contribution in [3.05, 3.63) is 71.5 Å². The molecule has 2 amide bonds. The van der Waals surface area contributed by atoms with Crippen molar-refractivity contribution < 1.29 is 9.18 Å². The Hall–Kier alpha value is -2.05. The van der Waals surface area contributed by atoms with Crippen LogP contribution in [0.1, 0.15) is 11.1 Å². The minimum Gasteiger partial charge on any atom is -0.337 e. The maximum Gasteiger partial charge on any atom is 0.315 e. The average Bonchev–Trinajstić information content (AvgIpc) is 2.66. The number of hydrogen-bond acceptors (Lipinski definition) is 3. The van der Waals surface area contributed by atoms with Crippen LogP contribution in [0.25, 0.3) is 0 Å². The fourth-order valence-corrected chi connectivity index (χ4v) is 4.14. The molecule has 0 radical (unpaired) electrons. The van der Waals surface area contributed by atoms with Crippen LogP contribution in [0.5, 0.6) is 0 Å². The number of carbonyl (C=O) groups is 1. The number of halogens is 1. The van der Waals surface area contributed by atoms with Gasteiger partial charge in [-0.05, 0) is 23.3 Å². The quantitative estimate of drug-likeness (QED) is 0.817. The van der Waals surface area contributed by atoms with Crippen molar-refractivity contribution in [2.75, 3.05) is 24.6 Å². The Morgan fingerprint density at radius 1 is 1.12 bits per heavy atom. The highest BCUT2D eigenvalue weighted by Gasteiger charge is 2.23. The van der Waals surface area contributed by atoms with Crippen molar-refractivity contribution in [3.8, 4) is 0 Å². The summed E-state index contributed by atoms with van der Waals surface area (Å²) in [5.41, 5.74) is 2.04. The molecule has 1 fully saturated rings. The molecule has 1 heterocycles. The maximum atomic E-state index is 13.2. The van der Waals surface area contributed by atoms with Crippen molar-refractivity contribution >= 4 is 17.8 Å². The number of nitrogens with one attached hydrogen (secondary N) is 2. The summed E-state index contributed by atoms with van der Waals surface area (Å²) in [6, 6.07) is 16.8. The van der Waals surface area contributed by atoms with E-state index in [1.807, 2.05) is 17.8 Å². The molecule has 2 aromatic rings. The van der Waals surface area contributed by atoms with E-state index >= 15 is 0 Å². The van der Waals surface area contributed by atoms with Gasteiger partial charge in [0.05, 0.1) is 0 Å². The Labute approximate surface area is 158 Å². The molecule has 1 saturated heterocycles. The Kier molecular flexibility index (Phi) is 6.91. The third-order valence-electron chi connectivity index (χ3n) is 4.42. The molecule has 0 bridgehead atoms. The lowest BCUT2D eigenvalue weighted by Gasteiger charge is -2.35. The highest BCUT2D eigenvalue weighted by molar-refractivity contribution is 7.99. The normalized spacial score (nSPS) is 17.7. The van der Waals surface area contributed by atoms with E-state index in [4.69, 9.17) is 0 Å². The predicted octanol–water partition coefficient (Wildman–Crippen LogP) is 3.24. The van der Waals surface area contributed by atoms with Gasteiger partial charge in [-0.25, -0.2) is 9.18 Å². The zero-order chi connectivity index (χ0) is 18.2. The van der Waals surface area contributed by atoms with E-state index < -0.39 is 0 Å². The molecule has 26 heavy (non-hydrogen) atoms. The standard InChI is InChI=1S/C20H24FN3OS/c21-18-8-4-7-17(11-18)12-22-20(25)23-13-19-15-26-10-9-24(19)14-16-5-2-1-3-6-16/h1-8,11,19H,9-10,12-15H2,(H2,22,23,25). The van der Waals surface area contributed by atoms with Gasteiger partial charge in [0.1, 0.15) is 5.82 Å². The van der Waals surface area contributed by atoms with E-state index in [0.717, 1.165) is 30.2 Å². The monoisotopic (exact) mass is 373 g/mol. The minimum absolute atomic E-state index is 0.218. The molecule has 3 rings (SSSR count). The zero-order valence-corrected chi connectivity index (χ0v) is 15.5. The molecule has 1 aliphatic heterocycles. The number of rotatable bonds is 6. The average molecular weight is 373 g/mol. The fraction of sp³-hybridized carbons (Fsp3) is 0.350. The molecule has 0 saturated carbocycles. The molecule has 138 valence electrons. The van der Waals surface area contributed by atoms with Crippen LogP contribution in [0.3, 0.4) is 0 Å². The first-order chi connectivity index (χ1) is 12.7. The molecule has 0 aliphatic carbocycles. The maximum absolute atomic E-state index is 13.2. The van der Waals surface area contributed by atoms with Gasteiger partial charge in [0, 0.05) is 43.7 Å². The Bertz CT molecular complexity index is 713. The van der Waals surface area contributed by atoms with E-state index in [-0.39, 0.29) is 11.8 Å². The predicted molar refractivity (Wildman–Crippen MR) is 105 cm³/mol. The number of thioether (sulfide) groups is 1. The van der Waals surface area contributed by atoms with E-state index in [2.05, 4.69) is 39.8 Å². The van der Waals surface area contributed by atoms with Gasteiger partial charge >= 0.3 is 6.03 Å². The highest BCUT2D eigenvalue weighted by Crippen LogP contribution is 2.18. The number of hydrogen-bond donors (Lipinski definition) is 2. The molecule has 0 spiro atoms. The molecule has 4 nitrogen and oxygen atoms in total. The molecule has 2 aromatic carbocycles. The molecule has 2 N–H and O–H groups in total. The van der Waals surface area contributed by atoms with Crippen LogP contribution in [0.4, 0.5) is 9.18 Å². The molecule has 1 unspecified atom stereocenters. The van der Waals surface area contributed by atoms with Gasteiger partial charge < -0.3 is 10.6 Å². The van der Waals surface area contributed by atoms with Crippen molar-refractivity contribution in [1.82, 2.24) is 15.5 Å². The molecular weight excluding hydrogens is 349 g/mol. The summed E-state index contributed by atoms with van der Waals surface area (Å²) in [6.45, 7) is 2.85. The van der Waals surface area contributed by atoms with Crippen LogP contribution in [0.2, 0.25) is 0 Å². The first kappa shape index (κ1) is 18.7. The van der Waals surface area contributed by atoms with Crippen LogP contribution < -0.4 is 10.6 Å². The van der Waals surface area contributed by atoms with Gasteiger partial charge in [-0.15, -0.1) is 0 Å². The van der Waals surface area contributed by atoms with Crippen molar-refractivity contribution in [1.29, 1.82) is 0 Å². The lowest BCUT2D eigenvalue weighted by molar-refractivity contribution is 0.200. The van der Waals surface area contributed by atoms with Crippen molar-refractivity contribution in [3.63, 3.8) is 0 Å². The van der Waals surface area contributed by atoms with E-state index in [1.165, 1.54) is 17.7 Å². The third kappa shape index (κ3) is 5.75. The third-order valence-corrected chi connectivity index (χ3v) is 5.51. The largest absolute Gasteiger partial charge is 0.337 e. The number of urea groups is 1. The van der Waals surface area contributed by atoms with Gasteiger partial charge in [-0.3, -0.25) is 4.90 Å². The Morgan fingerprint density at radius 2 is 1.92 bits per heavy atom. The number of nitrogens with zero attached hydrogens (tertiary/aromatic N) is 1. The topological polar surface area (TPSA) is 44.4 Å². The summed E-state index contributed by atoms with van der Waals surface area (Å²) < 4.78 is 13.2. The van der Waals surface area contributed by atoms with Crippen LogP contribution >= 0.6 is 11.8 Å². The van der Waals surface area contributed by atoms with Crippen LogP contribution in [0.15, 0.2) is 54.6 Å². The summed E-state index contributed by atoms with van der Waals surface area (Å²) in [6.07, 6.45) is 0. The molecule has 1 aliphatic rings. The number of benzene rings is 2. The summed E-state index contributed by atoms with van der Waals surface area (Å²) in [4.78, 5) is 14.5. The van der Waals surface area contributed by atoms with Gasteiger partial charge in [-0.2, -0.15) is 11.8 Å². The first-order valence-corrected chi connectivity index (χ1v) is 9.98. The SMILES string of the molecule is O=C(NCc1cccc(F)c1)NCC1CSCCN1Cc1ccccc1. The minimum atomic E-state index is -0.291. The second-order valence-electron chi connectivity index (χ2n) is 6.38. The number of carbonyl (C=O) groups excluding carboxylic acids is 1. The van der Waals surface area contributed by atoms with Crippen molar-refractivity contribution in [2.45, 2.75) is 19.1 Å². The molecule has 1 atom stereocenters. The van der Waals surface area contributed by atoms with Crippen LogP contribution in [-0.2, 0) is 13.1 Å². The van der Waals surface area contributed by atoms with Gasteiger partial charge in [0.2, 0.25) is 0 Å². The smallest absolute Gasteiger partial charge is 0.315 e. The van der Waals surface area contributed by atoms with Crippen molar-refractivity contribution in [2.24, 2.45) is 0 Å². The summed E-state index contributed by atoms with van der Waals surface area (Å²) in [5, 5.41) is 5.74. The highest BCUT2D eigenvalue weighted by atomic mass is 32.2. The Balaban J connectivity index is 1.46. The van der Waals surface area contributed by atoms with E-state index in [9.17, 15) is 9.18 Å². The summed E-state index contributed by atoms with van der Waals surface area (Å²) in [7, 11) is 0. The molecule has 6 heteroatoms. The lowest BCUT2D eigenvalue weighted by atomic mass is 10.1. The lowest BCUT2D eigenvalue weighted by Crippen LogP contribution is -2.50. The fourth-order valence-electron chi connectivity index (χ4n) is 3.01. The first-order valence-electron chi connectivity index (χ1n) is 8.82. The van der Waals surface area contributed by atoms with Gasteiger partial charge in [0.15, 0.2) is 0 Å². The van der Waals surface area contributed by atoms with Crippen LogP contribution in [0, 0.1) is 5.82 Å². The molecule has 0 aromatic heterocycles. The van der Waals surface area contributed by atoms with Gasteiger partial charge in [-0.1, -0.05) is 42.5 Å². The van der Waals surface area contributed by atoms with Gasteiger partial charge in [0.25, 0.3) is 0 Å². The Morgan fingerprint density at radius 3 is 2.73 bits per heavy atom. The second kappa shape index (κ2) is 9.59. The van der Waals surface area contributed by atoms with E-state index in [1.54, 1.807) is 12.1 Å². The second-order valence-corrected chi connectivity index (χ2v) is 7.53. The van der Waals surface area contributed by atoms with Crippen LogP contribution in [-0.4, -0.2) is 41.6 Å². The number of amides is 2. The van der Waals surface area contributed by atoms with E-state index in [0.29, 0.717) is 19.1 Å². The summed E-state index contributed by atoms with van der Waals surface area (Å²) in [5.74, 6) is 1.84.